The van der Waals surface area contributed by atoms with Gasteiger partial charge in [-0.25, -0.2) is 9.37 Å². The Labute approximate surface area is 115 Å². The van der Waals surface area contributed by atoms with Crippen molar-refractivity contribution in [1.29, 1.82) is 0 Å². The molecule has 1 unspecified atom stereocenters. The van der Waals surface area contributed by atoms with Gasteiger partial charge in [0, 0.05) is 6.04 Å². The zero-order valence-corrected chi connectivity index (χ0v) is 10.9. The topological polar surface area (TPSA) is 94.0 Å². The third-order valence-electron chi connectivity index (χ3n) is 2.90. The highest BCUT2D eigenvalue weighted by Crippen LogP contribution is 2.22. The number of nitrogens with one attached hydrogen (secondary N) is 1. The van der Waals surface area contributed by atoms with E-state index in [2.05, 4.69) is 10.3 Å². The van der Waals surface area contributed by atoms with Gasteiger partial charge in [-0.05, 0) is 30.7 Å². The number of hydrogen-bond donors (Lipinski definition) is 3. The Hall–Kier alpha value is -2.63. The zero-order chi connectivity index (χ0) is 14.7. The van der Waals surface area contributed by atoms with E-state index in [4.69, 9.17) is 11.5 Å². The maximum absolute atomic E-state index is 12.9. The van der Waals surface area contributed by atoms with E-state index >= 15 is 0 Å². The van der Waals surface area contributed by atoms with Crippen LogP contribution in [0.1, 0.15) is 28.9 Å². The Morgan fingerprint density at radius 2 is 2.00 bits per heavy atom. The van der Waals surface area contributed by atoms with Gasteiger partial charge < -0.3 is 16.8 Å². The largest absolute Gasteiger partial charge is 0.397 e. The van der Waals surface area contributed by atoms with Gasteiger partial charge >= 0.3 is 0 Å². The molecule has 0 bridgehead atoms. The summed E-state index contributed by atoms with van der Waals surface area (Å²) in [4.78, 5) is 15.4. The van der Waals surface area contributed by atoms with E-state index in [0.29, 0.717) is 11.5 Å². The highest BCUT2D eigenvalue weighted by Gasteiger charge is 2.13. The number of amides is 1. The number of primary amides is 1. The summed E-state index contributed by atoms with van der Waals surface area (Å²) in [6.45, 7) is 1.87. The summed E-state index contributed by atoms with van der Waals surface area (Å²) >= 11 is 0. The van der Waals surface area contributed by atoms with Crippen LogP contribution in [0, 0.1) is 5.82 Å². The summed E-state index contributed by atoms with van der Waals surface area (Å²) in [5.74, 6) is -0.563. The Morgan fingerprint density at radius 1 is 1.35 bits per heavy atom. The fraction of sp³-hybridized carbons (Fsp3) is 0.143. The maximum atomic E-state index is 12.9. The molecule has 1 heterocycles. The smallest absolute Gasteiger partial charge is 0.252 e. The molecule has 1 aromatic heterocycles. The van der Waals surface area contributed by atoms with Crippen molar-refractivity contribution in [1.82, 2.24) is 4.98 Å². The Bertz CT molecular complexity index is 628. The molecule has 0 saturated carbocycles. The quantitative estimate of drug-likeness (QED) is 0.795. The minimum Gasteiger partial charge on any atom is -0.397 e. The number of rotatable bonds is 4. The van der Waals surface area contributed by atoms with Crippen molar-refractivity contribution in [3.05, 3.63) is 53.5 Å². The molecule has 0 spiro atoms. The van der Waals surface area contributed by atoms with Gasteiger partial charge in [0.05, 0.1) is 17.4 Å². The second-order valence-electron chi connectivity index (χ2n) is 4.45. The van der Waals surface area contributed by atoms with Crippen LogP contribution in [0.3, 0.4) is 0 Å². The molecule has 0 radical (unpaired) electrons. The molecule has 20 heavy (non-hydrogen) atoms. The van der Waals surface area contributed by atoms with Crippen LogP contribution in [0.15, 0.2) is 36.5 Å². The molecule has 5 nitrogen and oxygen atoms in total. The van der Waals surface area contributed by atoms with Gasteiger partial charge in [-0.2, -0.15) is 0 Å². The molecule has 1 atom stereocenters. The lowest BCUT2D eigenvalue weighted by Crippen LogP contribution is -2.17. The molecule has 0 aliphatic carbocycles. The molecule has 1 aromatic carbocycles. The van der Waals surface area contributed by atoms with Gasteiger partial charge in [0.2, 0.25) is 0 Å². The van der Waals surface area contributed by atoms with Crippen LogP contribution in [-0.2, 0) is 0 Å². The number of pyridine rings is 1. The predicted octanol–water partition coefficient (Wildman–Crippen LogP) is 2.07. The molecule has 0 aliphatic rings. The minimum absolute atomic E-state index is 0.162. The summed E-state index contributed by atoms with van der Waals surface area (Å²) in [5, 5.41) is 3.06. The van der Waals surface area contributed by atoms with Crippen molar-refractivity contribution < 1.29 is 9.18 Å². The Morgan fingerprint density at radius 3 is 2.60 bits per heavy atom. The Balaban J connectivity index is 2.25. The fourth-order valence-corrected chi connectivity index (χ4v) is 1.82. The van der Waals surface area contributed by atoms with E-state index in [9.17, 15) is 9.18 Å². The van der Waals surface area contributed by atoms with E-state index < -0.39 is 5.91 Å². The molecule has 104 valence electrons. The molecule has 2 aromatic rings. The summed E-state index contributed by atoms with van der Waals surface area (Å²) in [5.41, 5.74) is 12.3. The van der Waals surface area contributed by atoms with E-state index in [1.165, 1.54) is 24.4 Å². The number of nitrogens with two attached hydrogens (primary N) is 2. The molecule has 6 heteroatoms. The van der Waals surface area contributed by atoms with Crippen molar-refractivity contribution in [2.45, 2.75) is 13.0 Å². The highest BCUT2D eigenvalue weighted by molar-refractivity contribution is 5.98. The normalized spacial score (nSPS) is 11.9. The average molecular weight is 274 g/mol. The van der Waals surface area contributed by atoms with E-state index in [1.807, 2.05) is 6.92 Å². The molecular weight excluding hydrogens is 259 g/mol. The van der Waals surface area contributed by atoms with Crippen molar-refractivity contribution in [2.24, 2.45) is 5.73 Å². The van der Waals surface area contributed by atoms with Gasteiger partial charge in [-0.15, -0.1) is 0 Å². The highest BCUT2D eigenvalue weighted by atomic mass is 19.1. The van der Waals surface area contributed by atoms with Crippen LogP contribution in [-0.4, -0.2) is 10.9 Å². The first-order valence-corrected chi connectivity index (χ1v) is 6.04. The third kappa shape index (κ3) is 3.03. The number of nitrogens with zero attached hydrogens (tertiary/aromatic N) is 1. The second kappa shape index (κ2) is 5.56. The lowest BCUT2D eigenvalue weighted by Gasteiger charge is -2.17. The summed E-state index contributed by atoms with van der Waals surface area (Å²) < 4.78 is 12.9. The SMILES string of the molecule is CC(Nc1ncc(N)cc1C(N)=O)c1ccc(F)cc1. The summed E-state index contributed by atoms with van der Waals surface area (Å²) in [6.07, 6.45) is 1.44. The average Bonchev–Trinajstić information content (AvgIpc) is 2.41. The monoisotopic (exact) mass is 274 g/mol. The van der Waals surface area contributed by atoms with Crippen LogP contribution in [0.25, 0.3) is 0 Å². The number of aromatic nitrogens is 1. The van der Waals surface area contributed by atoms with Crippen LogP contribution < -0.4 is 16.8 Å². The first-order chi connectivity index (χ1) is 9.47. The number of nitrogen functional groups attached to an aromatic ring is 1. The molecule has 2 rings (SSSR count). The number of anilines is 2. The van der Waals surface area contributed by atoms with Crippen molar-refractivity contribution >= 4 is 17.4 Å². The number of halogens is 1. The van der Waals surface area contributed by atoms with Crippen LogP contribution in [0.2, 0.25) is 0 Å². The molecule has 0 saturated heterocycles. The second-order valence-corrected chi connectivity index (χ2v) is 4.45. The van der Waals surface area contributed by atoms with Crippen LogP contribution >= 0.6 is 0 Å². The molecular formula is C14H15FN4O. The molecule has 0 fully saturated rings. The van der Waals surface area contributed by atoms with Gasteiger partial charge in [-0.3, -0.25) is 4.79 Å². The first-order valence-electron chi connectivity index (χ1n) is 6.04. The Kier molecular flexibility index (Phi) is 3.84. The summed E-state index contributed by atoms with van der Waals surface area (Å²) in [7, 11) is 0. The fourth-order valence-electron chi connectivity index (χ4n) is 1.82. The van der Waals surface area contributed by atoms with Gasteiger partial charge in [-0.1, -0.05) is 12.1 Å². The molecule has 1 amide bonds. The van der Waals surface area contributed by atoms with E-state index in [-0.39, 0.29) is 17.4 Å². The predicted molar refractivity (Wildman–Crippen MR) is 75.6 cm³/mol. The molecule has 0 aliphatic heterocycles. The van der Waals surface area contributed by atoms with E-state index in [0.717, 1.165) is 5.56 Å². The zero-order valence-electron chi connectivity index (χ0n) is 10.9. The minimum atomic E-state index is -0.612. The number of carbonyl (C=O) groups is 1. The lowest BCUT2D eigenvalue weighted by atomic mass is 10.1. The van der Waals surface area contributed by atoms with Gasteiger partial charge in [0.1, 0.15) is 11.6 Å². The third-order valence-corrected chi connectivity index (χ3v) is 2.90. The van der Waals surface area contributed by atoms with Crippen molar-refractivity contribution in [3.63, 3.8) is 0 Å². The lowest BCUT2D eigenvalue weighted by molar-refractivity contribution is 0.100. The number of hydrogen-bond acceptors (Lipinski definition) is 4. The first kappa shape index (κ1) is 13.8. The van der Waals surface area contributed by atoms with Gasteiger partial charge in [0.15, 0.2) is 0 Å². The summed E-state index contributed by atoms with van der Waals surface area (Å²) in [6, 6.07) is 7.37. The van der Waals surface area contributed by atoms with Crippen LogP contribution in [0.4, 0.5) is 15.9 Å². The maximum Gasteiger partial charge on any atom is 0.252 e. The van der Waals surface area contributed by atoms with Crippen LogP contribution in [0.5, 0.6) is 0 Å². The standard InChI is InChI=1S/C14H15FN4O/c1-8(9-2-4-10(15)5-3-9)19-14-12(13(17)20)6-11(16)7-18-14/h2-8H,16H2,1H3,(H2,17,20)(H,18,19). The number of benzene rings is 1. The van der Waals surface area contributed by atoms with Gasteiger partial charge in [0.25, 0.3) is 5.91 Å². The number of carbonyl (C=O) groups excluding carboxylic acids is 1. The molecule has 5 N–H and O–H groups in total. The van der Waals surface area contributed by atoms with Crippen molar-refractivity contribution in [3.8, 4) is 0 Å². The van der Waals surface area contributed by atoms with Crippen molar-refractivity contribution in [2.75, 3.05) is 11.1 Å². The van der Waals surface area contributed by atoms with E-state index in [1.54, 1.807) is 12.1 Å².